The van der Waals surface area contributed by atoms with E-state index >= 15 is 0 Å². The normalized spacial score (nSPS) is 21.9. The number of rotatable bonds is 2. The van der Waals surface area contributed by atoms with Gasteiger partial charge in [0, 0.05) is 23.6 Å². The summed E-state index contributed by atoms with van der Waals surface area (Å²) in [6.07, 6.45) is 0.725. The average Bonchev–Trinajstić information content (AvgIpc) is 2.69. The second-order valence-electron chi connectivity index (χ2n) is 4.35. The van der Waals surface area contributed by atoms with Crippen LogP contribution < -0.4 is 5.73 Å². The third kappa shape index (κ3) is 2.54. The van der Waals surface area contributed by atoms with Crippen LogP contribution in [0, 0.1) is 6.92 Å². The molecule has 1 aromatic rings. The first-order valence-corrected chi connectivity index (χ1v) is 7.66. The minimum Gasteiger partial charge on any atom is -0.326 e. The molecule has 0 aliphatic carbocycles. The van der Waals surface area contributed by atoms with E-state index in [0.29, 0.717) is 22.5 Å². The van der Waals surface area contributed by atoms with Crippen molar-refractivity contribution in [3.05, 3.63) is 28.2 Å². The zero-order chi connectivity index (χ0) is 12.6. The van der Waals surface area contributed by atoms with Crippen LogP contribution in [0.4, 0.5) is 0 Å². The van der Waals surface area contributed by atoms with Gasteiger partial charge in [0.15, 0.2) is 0 Å². The molecule has 1 atom stereocenters. The first-order valence-electron chi connectivity index (χ1n) is 5.43. The van der Waals surface area contributed by atoms with E-state index in [1.54, 1.807) is 12.1 Å². The van der Waals surface area contributed by atoms with E-state index in [9.17, 15) is 8.42 Å². The maximum Gasteiger partial charge on any atom is 0.244 e. The summed E-state index contributed by atoms with van der Waals surface area (Å²) in [6.45, 7) is 2.79. The van der Waals surface area contributed by atoms with Crippen molar-refractivity contribution in [1.82, 2.24) is 4.31 Å². The van der Waals surface area contributed by atoms with Crippen LogP contribution in [0.15, 0.2) is 27.6 Å². The number of sulfonamides is 1. The Labute approximate surface area is 110 Å². The molecule has 4 nitrogen and oxygen atoms in total. The van der Waals surface area contributed by atoms with Crippen molar-refractivity contribution in [3.8, 4) is 0 Å². The summed E-state index contributed by atoms with van der Waals surface area (Å²) < 4.78 is 26.8. The molecule has 1 aliphatic rings. The van der Waals surface area contributed by atoms with Crippen molar-refractivity contribution in [2.24, 2.45) is 5.73 Å². The molecule has 94 valence electrons. The Bertz CT molecular complexity index is 530. The molecule has 17 heavy (non-hydrogen) atoms. The van der Waals surface area contributed by atoms with Crippen LogP contribution >= 0.6 is 15.9 Å². The molecule has 1 aliphatic heterocycles. The molecule has 0 radical (unpaired) electrons. The first-order chi connectivity index (χ1) is 7.91. The number of hydrogen-bond donors (Lipinski definition) is 1. The highest BCUT2D eigenvalue weighted by molar-refractivity contribution is 9.10. The Kier molecular flexibility index (Phi) is 3.58. The van der Waals surface area contributed by atoms with Gasteiger partial charge in [-0.15, -0.1) is 0 Å². The molecule has 2 rings (SSSR count). The highest BCUT2D eigenvalue weighted by atomic mass is 79.9. The van der Waals surface area contributed by atoms with Crippen molar-refractivity contribution >= 4 is 26.0 Å². The Morgan fingerprint density at radius 1 is 1.47 bits per heavy atom. The highest BCUT2D eigenvalue weighted by Gasteiger charge is 2.32. The second kappa shape index (κ2) is 4.68. The Morgan fingerprint density at radius 3 is 2.76 bits per heavy atom. The molecule has 0 saturated carbocycles. The summed E-state index contributed by atoms with van der Waals surface area (Å²) in [4.78, 5) is 0.326. The topological polar surface area (TPSA) is 63.4 Å². The number of halogens is 1. The number of benzene rings is 1. The van der Waals surface area contributed by atoms with Crippen LogP contribution in [0.2, 0.25) is 0 Å². The van der Waals surface area contributed by atoms with Crippen LogP contribution in [-0.4, -0.2) is 31.9 Å². The molecule has 1 saturated heterocycles. The Balaban J connectivity index is 2.41. The van der Waals surface area contributed by atoms with E-state index in [0.717, 1.165) is 12.0 Å². The molecule has 0 unspecified atom stereocenters. The number of nitrogens with two attached hydrogens (primary N) is 1. The first kappa shape index (κ1) is 13.0. The number of hydrogen-bond acceptors (Lipinski definition) is 3. The van der Waals surface area contributed by atoms with Crippen molar-refractivity contribution < 1.29 is 8.42 Å². The molecule has 1 fully saturated rings. The molecule has 0 spiro atoms. The van der Waals surface area contributed by atoms with Crippen LogP contribution in [0.25, 0.3) is 0 Å². The quantitative estimate of drug-likeness (QED) is 0.898. The smallest absolute Gasteiger partial charge is 0.244 e. The molecule has 0 aromatic heterocycles. The third-order valence-electron chi connectivity index (χ3n) is 2.89. The monoisotopic (exact) mass is 318 g/mol. The largest absolute Gasteiger partial charge is 0.326 e. The fraction of sp³-hybridized carbons (Fsp3) is 0.455. The van der Waals surface area contributed by atoms with Gasteiger partial charge in [0.25, 0.3) is 0 Å². The Morgan fingerprint density at radius 2 is 2.18 bits per heavy atom. The summed E-state index contributed by atoms with van der Waals surface area (Å²) >= 11 is 3.29. The van der Waals surface area contributed by atoms with Crippen LogP contribution in [0.5, 0.6) is 0 Å². The zero-order valence-electron chi connectivity index (χ0n) is 9.56. The molecule has 1 heterocycles. The molecule has 0 bridgehead atoms. The lowest BCUT2D eigenvalue weighted by atomic mass is 10.2. The van der Waals surface area contributed by atoms with Gasteiger partial charge in [-0.3, -0.25) is 0 Å². The lowest BCUT2D eigenvalue weighted by Crippen LogP contribution is -2.32. The van der Waals surface area contributed by atoms with Gasteiger partial charge in [0.1, 0.15) is 0 Å². The molecule has 0 amide bonds. The number of aryl methyl sites for hydroxylation is 1. The lowest BCUT2D eigenvalue weighted by molar-refractivity contribution is 0.472. The number of nitrogens with zero attached hydrogens (tertiary/aromatic N) is 1. The lowest BCUT2D eigenvalue weighted by Gasteiger charge is -2.17. The van der Waals surface area contributed by atoms with Crippen molar-refractivity contribution in [1.29, 1.82) is 0 Å². The minimum atomic E-state index is -3.42. The predicted octanol–water partition coefficient (Wildman–Crippen LogP) is 1.48. The van der Waals surface area contributed by atoms with Crippen LogP contribution in [0.3, 0.4) is 0 Å². The highest BCUT2D eigenvalue weighted by Crippen LogP contribution is 2.27. The van der Waals surface area contributed by atoms with Crippen molar-refractivity contribution in [2.45, 2.75) is 24.3 Å². The average molecular weight is 319 g/mol. The molecule has 2 N–H and O–H groups in total. The summed E-state index contributed by atoms with van der Waals surface area (Å²) in [5, 5.41) is 0. The molecule has 1 aromatic carbocycles. The van der Waals surface area contributed by atoms with Gasteiger partial charge in [0.2, 0.25) is 10.0 Å². The van der Waals surface area contributed by atoms with Gasteiger partial charge in [-0.1, -0.05) is 6.07 Å². The third-order valence-corrected chi connectivity index (χ3v) is 5.75. The van der Waals surface area contributed by atoms with E-state index in [1.807, 2.05) is 13.0 Å². The zero-order valence-corrected chi connectivity index (χ0v) is 12.0. The maximum absolute atomic E-state index is 12.4. The summed E-state index contributed by atoms with van der Waals surface area (Å²) in [5.41, 5.74) is 6.68. The van der Waals surface area contributed by atoms with E-state index in [1.165, 1.54) is 4.31 Å². The van der Waals surface area contributed by atoms with Crippen LogP contribution in [0.1, 0.15) is 12.0 Å². The summed E-state index contributed by atoms with van der Waals surface area (Å²) in [5.74, 6) is 0. The van der Waals surface area contributed by atoms with Gasteiger partial charge >= 0.3 is 0 Å². The SMILES string of the molecule is Cc1ccc(Br)c(S(=O)(=O)N2CC[C@@H](N)C2)c1. The summed E-state index contributed by atoms with van der Waals surface area (Å²) in [6, 6.07) is 5.27. The Hall–Kier alpha value is -0.430. The molecular formula is C11H15BrN2O2S. The van der Waals surface area contributed by atoms with Gasteiger partial charge in [-0.25, -0.2) is 8.42 Å². The fourth-order valence-electron chi connectivity index (χ4n) is 1.92. The van der Waals surface area contributed by atoms with E-state index in [-0.39, 0.29) is 6.04 Å². The summed E-state index contributed by atoms with van der Waals surface area (Å²) in [7, 11) is -3.42. The maximum atomic E-state index is 12.4. The van der Waals surface area contributed by atoms with Crippen LogP contribution in [-0.2, 0) is 10.0 Å². The second-order valence-corrected chi connectivity index (χ2v) is 7.11. The van der Waals surface area contributed by atoms with Gasteiger partial charge in [0.05, 0.1) is 4.90 Å². The predicted molar refractivity (Wildman–Crippen MR) is 70.2 cm³/mol. The van der Waals surface area contributed by atoms with Gasteiger partial charge in [-0.2, -0.15) is 4.31 Å². The van der Waals surface area contributed by atoms with E-state index in [4.69, 9.17) is 5.73 Å². The van der Waals surface area contributed by atoms with E-state index < -0.39 is 10.0 Å². The van der Waals surface area contributed by atoms with Gasteiger partial charge in [-0.05, 0) is 47.0 Å². The van der Waals surface area contributed by atoms with Crippen molar-refractivity contribution in [3.63, 3.8) is 0 Å². The van der Waals surface area contributed by atoms with E-state index in [2.05, 4.69) is 15.9 Å². The fourth-order valence-corrected chi connectivity index (χ4v) is 4.44. The van der Waals surface area contributed by atoms with Gasteiger partial charge < -0.3 is 5.73 Å². The minimum absolute atomic E-state index is 0.0478. The standard InChI is InChI=1S/C11H15BrN2O2S/c1-8-2-3-10(12)11(6-8)17(15,16)14-5-4-9(13)7-14/h2-3,6,9H,4-5,7,13H2,1H3/t9-/m1/s1. The molecule has 6 heteroatoms. The van der Waals surface area contributed by atoms with Crippen molar-refractivity contribution in [2.75, 3.05) is 13.1 Å². The molecular weight excluding hydrogens is 304 g/mol.